The number of nitrogens with zero attached hydrogens (tertiary/aromatic N) is 1. The Bertz CT molecular complexity index is 607. The Labute approximate surface area is 123 Å². The molecule has 6 heteroatoms. The zero-order valence-electron chi connectivity index (χ0n) is 9.90. The van der Waals surface area contributed by atoms with Crippen LogP contribution < -0.4 is 4.74 Å². The summed E-state index contributed by atoms with van der Waals surface area (Å²) in [6.45, 7) is 1.64. The van der Waals surface area contributed by atoms with Gasteiger partial charge in [-0.05, 0) is 40.5 Å². The third-order valence-electron chi connectivity index (χ3n) is 2.43. The molecule has 0 fully saturated rings. The second kappa shape index (κ2) is 5.86. The topological polar surface area (TPSA) is 42.4 Å². The average Bonchev–Trinajstić information content (AvgIpc) is 2.36. The van der Waals surface area contributed by atoms with Crippen LogP contribution in [-0.4, -0.2) is 10.1 Å². The third kappa shape index (κ3) is 3.43. The molecule has 1 aromatic carbocycles. The zero-order valence-corrected chi connectivity index (χ0v) is 12.2. The number of pyridine rings is 1. The van der Waals surface area contributed by atoms with Gasteiger partial charge in [0.1, 0.15) is 11.6 Å². The van der Waals surface area contributed by atoms with Gasteiger partial charge in [-0.3, -0.25) is 0 Å². The lowest BCUT2D eigenvalue weighted by molar-refractivity contribution is 0.198. The summed E-state index contributed by atoms with van der Waals surface area (Å²) in [5, 5.41) is 9.48. The lowest BCUT2D eigenvalue weighted by Gasteiger charge is -2.10. The molecule has 3 nitrogen and oxygen atoms in total. The highest BCUT2D eigenvalue weighted by atomic mass is 79.9. The van der Waals surface area contributed by atoms with Gasteiger partial charge in [0.15, 0.2) is 0 Å². The molecular weight excluding hydrogens is 337 g/mol. The predicted molar refractivity (Wildman–Crippen MR) is 74.1 cm³/mol. The molecule has 2 rings (SSSR count). The highest BCUT2D eigenvalue weighted by Crippen LogP contribution is 2.33. The van der Waals surface area contributed by atoms with Crippen LogP contribution >= 0.6 is 27.5 Å². The molecule has 0 saturated heterocycles. The van der Waals surface area contributed by atoms with E-state index in [9.17, 15) is 9.50 Å². The van der Waals surface area contributed by atoms with E-state index in [0.29, 0.717) is 10.0 Å². The molecule has 0 aliphatic rings. The van der Waals surface area contributed by atoms with E-state index in [4.69, 9.17) is 16.3 Å². The van der Waals surface area contributed by atoms with E-state index >= 15 is 0 Å². The van der Waals surface area contributed by atoms with Gasteiger partial charge in [-0.25, -0.2) is 9.37 Å². The summed E-state index contributed by atoms with van der Waals surface area (Å²) in [5.41, 5.74) is 0.663. The van der Waals surface area contributed by atoms with Crippen molar-refractivity contribution in [2.75, 3.05) is 0 Å². The van der Waals surface area contributed by atoms with E-state index in [1.807, 2.05) is 0 Å². The Hall–Kier alpha value is -1.17. The normalized spacial score (nSPS) is 12.3. The maximum absolute atomic E-state index is 13.4. The molecule has 1 unspecified atom stereocenters. The van der Waals surface area contributed by atoms with E-state index in [2.05, 4.69) is 20.9 Å². The number of aromatic nitrogens is 1. The van der Waals surface area contributed by atoms with Gasteiger partial charge in [-0.15, -0.1) is 0 Å². The summed E-state index contributed by atoms with van der Waals surface area (Å²) >= 11 is 8.88. The maximum atomic E-state index is 13.4. The number of halogens is 3. The molecule has 2 aromatic rings. The zero-order chi connectivity index (χ0) is 14.0. The van der Waals surface area contributed by atoms with Crippen molar-refractivity contribution in [1.29, 1.82) is 0 Å². The quantitative estimate of drug-likeness (QED) is 0.833. The van der Waals surface area contributed by atoms with E-state index < -0.39 is 11.9 Å². The molecule has 0 amide bonds. The number of hydrogen-bond acceptors (Lipinski definition) is 3. The Morgan fingerprint density at radius 1 is 1.42 bits per heavy atom. The number of hydrogen-bond donors (Lipinski definition) is 1. The molecule has 0 spiro atoms. The minimum absolute atomic E-state index is 0.00455. The summed E-state index contributed by atoms with van der Waals surface area (Å²) < 4.78 is 19.4. The van der Waals surface area contributed by atoms with Crippen LogP contribution in [0, 0.1) is 5.82 Å². The summed E-state index contributed by atoms with van der Waals surface area (Å²) in [7, 11) is 0. The number of benzene rings is 1. The first-order valence-electron chi connectivity index (χ1n) is 5.44. The van der Waals surface area contributed by atoms with Gasteiger partial charge in [0.25, 0.3) is 0 Å². The third-order valence-corrected chi connectivity index (χ3v) is 3.34. The summed E-state index contributed by atoms with van der Waals surface area (Å²) in [5.74, 6) is -0.0514. The first-order chi connectivity index (χ1) is 8.97. The van der Waals surface area contributed by atoms with Crippen molar-refractivity contribution in [2.24, 2.45) is 0 Å². The van der Waals surface area contributed by atoms with Gasteiger partial charge in [-0.1, -0.05) is 11.6 Å². The summed E-state index contributed by atoms with van der Waals surface area (Å²) in [6.07, 6.45) is 0.883. The predicted octanol–water partition coefficient (Wildman–Crippen LogP) is 4.48. The SMILES string of the molecule is CC(O)c1ccnc(Oc2cc(F)c(Cl)cc2Br)c1. The van der Waals surface area contributed by atoms with Crippen LogP contribution in [0.15, 0.2) is 34.9 Å². The molecule has 0 aliphatic carbocycles. The number of rotatable bonds is 3. The fraction of sp³-hybridized carbons (Fsp3) is 0.154. The molecule has 1 N–H and O–H groups in total. The second-order valence-electron chi connectivity index (χ2n) is 3.90. The number of aliphatic hydroxyl groups is 1. The Morgan fingerprint density at radius 3 is 2.84 bits per heavy atom. The Kier molecular flexibility index (Phi) is 4.39. The van der Waals surface area contributed by atoms with Crippen molar-refractivity contribution in [3.8, 4) is 11.6 Å². The largest absolute Gasteiger partial charge is 0.438 e. The van der Waals surface area contributed by atoms with Crippen molar-refractivity contribution in [2.45, 2.75) is 13.0 Å². The van der Waals surface area contributed by atoms with Crippen LogP contribution in [0.3, 0.4) is 0 Å². The van der Waals surface area contributed by atoms with Crippen LogP contribution in [0.4, 0.5) is 4.39 Å². The first-order valence-corrected chi connectivity index (χ1v) is 6.61. The lowest BCUT2D eigenvalue weighted by atomic mass is 10.2. The van der Waals surface area contributed by atoms with Crippen LogP contribution in [0.5, 0.6) is 11.6 Å². The van der Waals surface area contributed by atoms with Gasteiger partial charge in [-0.2, -0.15) is 0 Å². The monoisotopic (exact) mass is 345 g/mol. The number of aliphatic hydroxyl groups excluding tert-OH is 1. The molecule has 19 heavy (non-hydrogen) atoms. The van der Waals surface area contributed by atoms with Crippen molar-refractivity contribution in [1.82, 2.24) is 4.98 Å². The minimum atomic E-state index is -0.629. The molecule has 1 atom stereocenters. The van der Waals surface area contributed by atoms with E-state index in [0.717, 1.165) is 0 Å². The fourth-order valence-corrected chi connectivity index (χ4v) is 2.16. The number of ether oxygens (including phenoxy) is 1. The van der Waals surface area contributed by atoms with Gasteiger partial charge in [0.05, 0.1) is 15.6 Å². The van der Waals surface area contributed by atoms with E-state index in [1.54, 1.807) is 19.1 Å². The van der Waals surface area contributed by atoms with Crippen LogP contribution in [0.25, 0.3) is 0 Å². The minimum Gasteiger partial charge on any atom is -0.438 e. The van der Waals surface area contributed by atoms with Crippen LogP contribution in [0.2, 0.25) is 5.02 Å². The molecule has 1 aromatic heterocycles. The van der Waals surface area contributed by atoms with E-state index in [1.165, 1.54) is 18.3 Å². The molecule has 0 bridgehead atoms. The molecule has 100 valence electrons. The van der Waals surface area contributed by atoms with Crippen molar-refractivity contribution >= 4 is 27.5 Å². The molecular formula is C13H10BrClFNO2. The van der Waals surface area contributed by atoms with Gasteiger partial charge in [0, 0.05) is 18.3 Å². The van der Waals surface area contributed by atoms with Crippen LogP contribution in [0.1, 0.15) is 18.6 Å². The van der Waals surface area contributed by atoms with Gasteiger partial charge in [0.2, 0.25) is 5.88 Å². The Balaban J connectivity index is 2.31. The summed E-state index contributed by atoms with van der Waals surface area (Å²) in [6, 6.07) is 5.84. The van der Waals surface area contributed by atoms with Crippen molar-refractivity contribution < 1.29 is 14.2 Å². The molecule has 0 saturated carbocycles. The molecule has 1 heterocycles. The van der Waals surface area contributed by atoms with E-state index in [-0.39, 0.29) is 16.7 Å². The van der Waals surface area contributed by atoms with Crippen molar-refractivity contribution in [3.63, 3.8) is 0 Å². The standard InChI is InChI=1S/C13H10BrClFNO2/c1-7(18)8-2-3-17-13(4-8)19-12-6-11(16)10(15)5-9(12)14/h2-7,18H,1H3. The second-order valence-corrected chi connectivity index (χ2v) is 5.16. The molecule has 0 radical (unpaired) electrons. The maximum Gasteiger partial charge on any atom is 0.219 e. The molecule has 0 aliphatic heterocycles. The summed E-state index contributed by atoms with van der Waals surface area (Å²) in [4.78, 5) is 4.00. The first kappa shape index (κ1) is 14.2. The van der Waals surface area contributed by atoms with Crippen LogP contribution in [-0.2, 0) is 0 Å². The highest BCUT2D eigenvalue weighted by molar-refractivity contribution is 9.10. The smallest absolute Gasteiger partial charge is 0.219 e. The van der Waals surface area contributed by atoms with Crippen molar-refractivity contribution in [3.05, 3.63) is 51.3 Å². The Morgan fingerprint density at radius 2 is 2.16 bits per heavy atom. The fourth-order valence-electron chi connectivity index (χ4n) is 1.44. The highest BCUT2D eigenvalue weighted by Gasteiger charge is 2.10. The van der Waals surface area contributed by atoms with Gasteiger partial charge >= 0.3 is 0 Å². The van der Waals surface area contributed by atoms with Gasteiger partial charge < -0.3 is 9.84 Å². The average molecular weight is 347 g/mol. The lowest BCUT2D eigenvalue weighted by Crippen LogP contribution is -1.95.